The lowest BCUT2D eigenvalue weighted by Crippen LogP contribution is -2.19. The summed E-state index contributed by atoms with van der Waals surface area (Å²) in [5, 5.41) is 17.0. The molecule has 0 amide bonds. The van der Waals surface area contributed by atoms with E-state index in [0.29, 0.717) is 5.56 Å². The smallest absolute Gasteiger partial charge is 0.338 e. The number of nitrogens with zero attached hydrogens (tertiary/aromatic N) is 5. The molecule has 2 N–H and O–H groups in total. The van der Waals surface area contributed by atoms with Gasteiger partial charge in [-0.1, -0.05) is 6.07 Å². The lowest BCUT2D eigenvalue weighted by molar-refractivity contribution is 0.0697. The second-order valence-electron chi connectivity index (χ2n) is 6.04. The third-order valence-electron chi connectivity index (χ3n) is 4.28. The van der Waals surface area contributed by atoms with Crippen molar-refractivity contribution in [3.8, 4) is 5.95 Å². The fourth-order valence-corrected chi connectivity index (χ4v) is 2.82. The summed E-state index contributed by atoms with van der Waals surface area (Å²) in [6, 6.07) is 2.89. The number of hydrogen-bond acceptors (Lipinski definition) is 5. The predicted molar refractivity (Wildman–Crippen MR) is 103 cm³/mol. The van der Waals surface area contributed by atoms with Crippen molar-refractivity contribution in [2.75, 3.05) is 0 Å². The molecule has 0 aliphatic rings. The molecule has 9 nitrogen and oxygen atoms in total. The zero-order chi connectivity index (χ0) is 20.0. The third-order valence-corrected chi connectivity index (χ3v) is 4.28. The van der Waals surface area contributed by atoms with Crippen LogP contribution in [0.1, 0.15) is 28.9 Å². The fraction of sp³-hybridized carbons (Fsp3) is 0.118. The number of fused-ring (bicyclic) bond motifs is 1. The minimum Gasteiger partial charge on any atom is -0.478 e. The van der Waals surface area contributed by atoms with Gasteiger partial charge in [-0.05, 0) is 24.6 Å². The number of aromatic nitrogens is 6. The molecule has 4 aromatic rings. The summed E-state index contributed by atoms with van der Waals surface area (Å²) < 4.78 is 29.2. The SMILES string of the molecule is C[C@@H](c1ccc(F)c(F)c1)n1ncc2nc(-n3cc(C(=O)O)cn3)[nH]c(=O)c21.S. The van der Waals surface area contributed by atoms with Gasteiger partial charge in [-0.2, -0.15) is 23.7 Å². The van der Waals surface area contributed by atoms with Gasteiger partial charge in [-0.15, -0.1) is 0 Å². The Morgan fingerprint density at radius 1 is 1.21 bits per heavy atom. The Morgan fingerprint density at radius 3 is 2.62 bits per heavy atom. The molecule has 1 aromatic carbocycles. The van der Waals surface area contributed by atoms with Crippen molar-refractivity contribution in [1.29, 1.82) is 0 Å². The molecule has 0 fully saturated rings. The highest BCUT2D eigenvalue weighted by molar-refractivity contribution is 7.59. The van der Waals surface area contributed by atoms with Gasteiger partial charge in [-0.25, -0.2) is 23.2 Å². The number of aromatic amines is 1. The van der Waals surface area contributed by atoms with Gasteiger partial charge < -0.3 is 5.11 Å². The van der Waals surface area contributed by atoms with Gasteiger partial charge >= 0.3 is 5.97 Å². The Bertz CT molecular complexity index is 1280. The first-order valence-corrected chi connectivity index (χ1v) is 8.06. The largest absolute Gasteiger partial charge is 0.478 e. The predicted octanol–water partition coefficient (Wildman–Crippen LogP) is 2.00. The van der Waals surface area contributed by atoms with Gasteiger partial charge in [0.1, 0.15) is 5.52 Å². The molecule has 1 atom stereocenters. The summed E-state index contributed by atoms with van der Waals surface area (Å²) in [5.74, 6) is -3.11. The zero-order valence-corrected chi connectivity index (χ0v) is 15.8. The average Bonchev–Trinajstić information content (AvgIpc) is 3.30. The molecule has 29 heavy (non-hydrogen) atoms. The highest BCUT2D eigenvalue weighted by Crippen LogP contribution is 2.22. The molecular weight excluding hydrogens is 406 g/mol. The van der Waals surface area contributed by atoms with Gasteiger partial charge in [0.25, 0.3) is 5.56 Å². The topological polar surface area (TPSA) is 119 Å². The first-order valence-electron chi connectivity index (χ1n) is 8.06. The number of halogens is 2. The van der Waals surface area contributed by atoms with Crippen molar-refractivity contribution < 1.29 is 18.7 Å². The fourth-order valence-electron chi connectivity index (χ4n) is 2.82. The number of carboxylic acid groups (broad SMARTS) is 1. The van der Waals surface area contributed by atoms with E-state index in [9.17, 15) is 18.4 Å². The molecule has 0 aliphatic heterocycles. The van der Waals surface area contributed by atoms with E-state index in [2.05, 4.69) is 20.2 Å². The summed E-state index contributed by atoms with van der Waals surface area (Å²) in [6.45, 7) is 1.68. The van der Waals surface area contributed by atoms with E-state index in [4.69, 9.17) is 5.11 Å². The van der Waals surface area contributed by atoms with E-state index in [1.165, 1.54) is 23.1 Å². The van der Waals surface area contributed by atoms with Gasteiger partial charge in [-0.3, -0.25) is 14.5 Å². The quantitative estimate of drug-likeness (QED) is 0.521. The Hall–Kier alpha value is -3.54. The third kappa shape index (κ3) is 3.49. The number of carboxylic acids is 1. The number of rotatable bonds is 4. The molecule has 12 heteroatoms. The van der Waals surface area contributed by atoms with Crippen LogP contribution in [0.3, 0.4) is 0 Å². The summed E-state index contributed by atoms with van der Waals surface area (Å²) in [5.41, 5.74) is 0.183. The maximum Gasteiger partial charge on any atom is 0.338 e. The Morgan fingerprint density at radius 2 is 1.97 bits per heavy atom. The molecule has 4 rings (SSSR count). The summed E-state index contributed by atoms with van der Waals surface area (Å²) in [6.07, 6.45) is 3.69. The molecule has 0 saturated heterocycles. The van der Waals surface area contributed by atoms with Gasteiger partial charge in [0, 0.05) is 6.20 Å². The van der Waals surface area contributed by atoms with Crippen LogP contribution in [0.25, 0.3) is 17.0 Å². The van der Waals surface area contributed by atoms with E-state index in [-0.39, 0.29) is 36.0 Å². The highest BCUT2D eigenvalue weighted by Gasteiger charge is 2.18. The van der Waals surface area contributed by atoms with Crippen LogP contribution in [0, 0.1) is 11.6 Å². The van der Waals surface area contributed by atoms with Crippen LogP contribution in [0.5, 0.6) is 0 Å². The van der Waals surface area contributed by atoms with E-state index in [0.717, 1.165) is 23.0 Å². The standard InChI is InChI=1S/C17H12F2N6O3.H2S/c1-8(9-2-3-11(18)12(19)4-9)25-14-13(6-21-25)22-17(23-15(14)26)24-7-10(5-20-24)16(27)28;/h2-8H,1H3,(H,27,28)(H,22,23,26);1H2/t8-;/m0./s1. The number of hydrogen-bond donors (Lipinski definition) is 2. The number of H-pyrrole nitrogens is 1. The van der Waals surface area contributed by atoms with Crippen molar-refractivity contribution in [2.24, 2.45) is 0 Å². The molecule has 0 bridgehead atoms. The molecular formula is C17H14F2N6O3S. The molecule has 3 heterocycles. The molecule has 0 unspecified atom stereocenters. The molecule has 0 aliphatic carbocycles. The highest BCUT2D eigenvalue weighted by atomic mass is 32.1. The molecule has 0 saturated carbocycles. The second kappa shape index (κ2) is 7.47. The van der Waals surface area contributed by atoms with Crippen LogP contribution in [-0.2, 0) is 0 Å². The molecule has 0 spiro atoms. The average molecular weight is 420 g/mol. The van der Waals surface area contributed by atoms with Gasteiger partial charge in [0.05, 0.1) is 24.0 Å². The van der Waals surface area contributed by atoms with Crippen molar-refractivity contribution in [1.82, 2.24) is 29.5 Å². The van der Waals surface area contributed by atoms with Crippen LogP contribution in [0.15, 0.2) is 41.6 Å². The molecule has 3 aromatic heterocycles. The monoisotopic (exact) mass is 420 g/mol. The number of aromatic carboxylic acids is 1. The van der Waals surface area contributed by atoms with Gasteiger partial charge in [0.15, 0.2) is 17.2 Å². The zero-order valence-electron chi connectivity index (χ0n) is 14.8. The van der Waals surface area contributed by atoms with E-state index in [1.54, 1.807) is 6.92 Å². The van der Waals surface area contributed by atoms with Crippen molar-refractivity contribution in [3.05, 3.63) is 69.9 Å². The lowest BCUT2D eigenvalue weighted by Gasteiger charge is -2.14. The van der Waals surface area contributed by atoms with E-state index in [1.807, 2.05) is 0 Å². The summed E-state index contributed by atoms with van der Waals surface area (Å²) >= 11 is 0. The second-order valence-corrected chi connectivity index (χ2v) is 6.04. The van der Waals surface area contributed by atoms with E-state index < -0.39 is 29.2 Å². The van der Waals surface area contributed by atoms with Crippen LogP contribution in [-0.4, -0.2) is 40.6 Å². The lowest BCUT2D eigenvalue weighted by atomic mass is 10.1. The maximum absolute atomic E-state index is 13.5. The molecule has 0 radical (unpaired) electrons. The summed E-state index contributed by atoms with van der Waals surface area (Å²) in [4.78, 5) is 30.3. The first kappa shape index (κ1) is 20.2. The minimum absolute atomic E-state index is 0. The number of benzene rings is 1. The Labute approximate surface area is 168 Å². The maximum atomic E-state index is 13.5. The number of nitrogens with one attached hydrogen (secondary N) is 1. The van der Waals surface area contributed by atoms with Crippen LogP contribution >= 0.6 is 13.5 Å². The van der Waals surface area contributed by atoms with Crippen molar-refractivity contribution in [3.63, 3.8) is 0 Å². The van der Waals surface area contributed by atoms with Crippen LogP contribution in [0.4, 0.5) is 8.78 Å². The van der Waals surface area contributed by atoms with Gasteiger partial charge in [0.2, 0.25) is 5.95 Å². The normalized spacial score (nSPS) is 12.0. The van der Waals surface area contributed by atoms with Crippen molar-refractivity contribution in [2.45, 2.75) is 13.0 Å². The van der Waals surface area contributed by atoms with Crippen LogP contribution in [0.2, 0.25) is 0 Å². The van der Waals surface area contributed by atoms with Crippen molar-refractivity contribution >= 4 is 30.5 Å². The molecule has 150 valence electrons. The first-order chi connectivity index (χ1) is 13.3. The minimum atomic E-state index is -1.16. The summed E-state index contributed by atoms with van der Waals surface area (Å²) in [7, 11) is 0. The Kier molecular flexibility index (Phi) is 5.20. The Balaban J connectivity index is 0.00000240. The number of carbonyl (C=O) groups is 1. The van der Waals surface area contributed by atoms with E-state index >= 15 is 0 Å². The van der Waals surface area contributed by atoms with Crippen LogP contribution < -0.4 is 5.56 Å².